The van der Waals surface area contributed by atoms with Crippen molar-refractivity contribution in [1.29, 1.82) is 0 Å². The number of rotatable bonds is 5. The van der Waals surface area contributed by atoms with Gasteiger partial charge >= 0.3 is 0 Å². The Labute approximate surface area is 126 Å². The lowest BCUT2D eigenvalue weighted by molar-refractivity contribution is -0.119. The highest BCUT2D eigenvalue weighted by atomic mass is 32.2. The second kappa shape index (κ2) is 6.47. The minimum Gasteiger partial charge on any atom is -0.376 e. The summed E-state index contributed by atoms with van der Waals surface area (Å²) in [5.41, 5.74) is 3.27. The van der Waals surface area contributed by atoms with Crippen LogP contribution in [0.15, 0.2) is 18.2 Å². The van der Waals surface area contributed by atoms with Gasteiger partial charge in [-0.25, -0.2) is 8.42 Å². The monoisotopic (exact) mass is 310 g/mol. The lowest BCUT2D eigenvalue weighted by Gasteiger charge is -2.15. The van der Waals surface area contributed by atoms with Crippen LogP contribution in [0.4, 0.5) is 5.69 Å². The van der Waals surface area contributed by atoms with Crippen molar-refractivity contribution in [3.05, 3.63) is 29.3 Å². The lowest BCUT2D eigenvalue weighted by atomic mass is 10.1. The topological polar surface area (TPSA) is 75.3 Å². The van der Waals surface area contributed by atoms with Crippen LogP contribution < -0.4 is 10.6 Å². The third-order valence-electron chi connectivity index (χ3n) is 3.76. The summed E-state index contributed by atoms with van der Waals surface area (Å²) in [4.78, 5) is 11.9. The molecule has 2 rings (SSSR count). The molecule has 6 heteroatoms. The Bertz CT molecular complexity index is 626. The van der Waals surface area contributed by atoms with E-state index < -0.39 is 9.84 Å². The van der Waals surface area contributed by atoms with Crippen LogP contribution in [0, 0.1) is 6.92 Å². The Kier molecular flexibility index (Phi) is 4.88. The van der Waals surface area contributed by atoms with Crippen molar-refractivity contribution in [2.24, 2.45) is 0 Å². The summed E-state index contributed by atoms with van der Waals surface area (Å²) < 4.78 is 22.7. The average molecular weight is 310 g/mol. The van der Waals surface area contributed by atoms with E-state index in [-0.39, 0.29) is 30.0 Å². The molecule has 116 valence electrons. The molecular weight excluding hydrogens is 288 g/mol. The van der Waals surface area contributed by atoms with E-state index in [2.05, 4.69) is 17.6 Å². The van der Waals surface area contributed by atoms with Gasteiger partial charge in [0.15, 0.2) is 9.84 Å². The second-order valence-corrected chi connectivity index (χ2v) is 7.71. The Morgan fingerprint density at radius 1 is 1.38 bits per heavy atom. The quantitative estimate of drug-likeness (QED) is 0.859. The molecule has 2 N–H and O–H groups in total. The zero-order valence-electron chi connectivity index (χ0n) is 12.5. The molecule has 5 nitrogen and oxygen atoms in total. The fourth-order valence-corrected chi connectivity index (χ4v) is 4.31. The van der Waals surface area contributed by atoms with Crippen LogP contribution in [0.1, 0.15) is 24.5 Å². The van der Waals surface area contributed by atoms with E-state index in [0.29, 0.717) is 6.42 Å². The number of amides is 1. The molecular formula is C15H22N2O3S. The molecule has 0 saturated carbocycles. The van der Waals surface area contributed by atoms with E-state index in [4.69, 9.17) is 0 Å². The van der Waals surface area contributed by atoms with Crippen molar-refractivity contribution in [2.45, 2.75) is 32.7 Å². The molecule has 0 aromatic heterocycles. The molecule has 1 aliphatic rings. The highest BCUT2D eigenvalue weighted by Gasteiger charge is 2.28. The normalized spacial score (nSPS) is 20.2. The molecule has 1 saturated heterocycles. The highest BCUT2D eigenvalue weighted by molar-refractivity contribution is 7.91. The molecule has 0 spiro atoms. The number of nitrogens with one attached hydrogen (secondary N) is 2. The Balaban J connectivity index is 1.90. The molecule has 0 radical (unpaired) electrons. The maximum atomic E-state index is 11.9. The Morgan fingerprint density at radius 2 is 2.14 bits per heavy atom. The number of carbonyl (C=O) groups excluding carboxylic acids is 1. The Morgan fingerprint density at radius 3 is 2.76 bits per heavy atom. The molecule has 1 aromatic carbocycles. The van der Waals surface area contributed by atoms with Crippen molar-refractivity contribution in [1.82, 2.24) is 5.32 Å². The maximum Gasteiger partial charge on any atom is 0.239 e. The lowest BCUT2D eigenvalue weighted by Crippen LogP contribution is -2.39. The number of hydrogen-bond acceptors (Lipinski definition) is 4. The fraction of sp³-hybridized carbons (Fsp3) is 0.533. The van der Waals surface area contributed by atoms with E-state index in [9.17, 15) is 13.2 Å². The first-order chi connectivity index (χ1) is 9.91. The van der Waals surface area contributed by atoms with Gasteiger partial charge in [0.2, 0.25) is 5.91 Å². The van der Waals surface area contributed by atoms with Crippen molar-refractivity contribution >= 4 is 21.4 Å². The van der Waals surface area contributed by atoms with Gasteiger partial charge in [0.1, 0.15) is 0 Å². The fourth-order valence-electron chi connectivity index (χ4n) is 2.63. The number of carbonyl (C=O) groups is 1. The smallest absolute Gasteiger partial charge is 0.239 e. The van der Waals surface area contributed by atoms with Crippen molar-refractivity contribution in [3.8, 4) is 0 Å². The predicted molar refractivity (Wildman–Crippen MR) is 84.2 cm³/mol. The van der Waals surface area contributed by atoms with Gasteiger partial charge in [-0.1, -0.05) is 25.1 Å². The van der Waals surface area contributed by atoms with E-state index in [1.54, 1.807) is 0 Å². The molecule has 0 unspecified atom stereocenters. The third-order valence-corrected chi connectivity index (χ3v) is 5.53. The summed E-state index contributed by atoms with van der Waals surface area (Å²) in [7, 11) is -2.96. The van der Waals surface area contributed by atoms with Crippen molar-refractivity contribution in [2.75, 3.05) is 23.4 Å². The minimum absolute atomic E-state index is 0.0588. The van der Waals surface area contributed by atoms with E-state index >= 15 is 0 Å². The summed E-state index contributed by atoms with van der Waals surface area (Å²) in [6, 6.07) is 5.80. The molecule has 1 fully saturated rings. The molecule has 21 heavy (non-hydrogen) atoms. The van der Waals surface area contributed by atoms with E-state index in [1.165, 1.54) is 5.56 Å². The van der Waals surface area contributed by atoms with Gasteiger partial charge in [0, 0.05) is 11.7 Å². The maximum absolute atomic E-state index is 11.9. The summed E-state index contributed by atoms with van der Waals surface area (Å²) in [5, 5.41) is 5.95. The van der Waals surface area contributed by atoms with Crippen LogP contribution in [0.25, 0.3) is 0 Å². The first-order valence-electron chi connectivity index (χ1n) is 7.23. The number of anilines is 1. The molecule has 1 amide bonds. The largest absolute Gasteiger partial charge is 0.376 e. The summed E-state index contributed by atoms with van der Waals surface area (Å²) >= 11 is 0. The van der Waals surface area contributed by atoms with Gasteiger partial charge in [-0.2, -0.15) is 0 Å². The van der Waals surface area contributed by atoms with E-state index in [1.807, 2.05) is 25.1 Å². The Hall–Kier alpha value is -1.56. The summed E-state index contributed by atoms with van der Waals surface area (Å²) in [5.74, 6) is 0.0642. The number of hydrogen-bond donors (Lipinski definition) is 2. The van der Waals surface area contributed by atoms with E-state index in [0.717, 1.165) is 17.7 Å². The zero-order valence-corrected chi connectivity index (χ0v) is 13.3. The van der Waals surface area contributed by atoms with Gasteiger partial charge in [-0.15, -0.1) is 0 Å². The molecule has 1 heterocycles. The first-order valence-corrected chi connectivity index (χ1v) is 9.05. The second-order valence-electron chi connectivity index (χ2n) is 5.48. The number of benzene rings is 1. The molecule has 1 aromatic rings. The van der Waals surface area contributed by atoms with Gasteiger partial charge in [0.25, 0.3) is 0 Å². The van der Waals surface area contributed by atoms with Crippen LogP contribution in [0.5, 0.6) is 0 Å². The highest BCUT2D eigenvalue weighted by Crippen LogP contribution is 2.20. The first kappa shape index (κ1) is 15.8. The standard InChI is InChI=1S/C15H22N2O3S/c1-3-12-6-4-5-11(2)15(12)16-9-14(18)17-13-7-8-21(19,20)10-13/h4-6,13,16H,3,7-10H2,1-2H3,(H,17,18)/t13-/m1/s1. The molecule has 1 atom stereocenters. The number of sulfone groups is 1. The van der Waals surface area contributed by atoms with Crippen LogP contribution in [0.2, 0.25) is 0 Å². The SMILES string of the molecule is CCc1cccc(C)c1NCC(=O)N[C@@H]1CCS(=O)(=O)C1. The van der Waals surface area contributed by atoms with Gasteiger partial charge in [-0.3, -0.25) is 4.79 Å². The molecule has 0 aliphatic carbocycles. The zero-order chi connectivity index (χ0) is 15.5. The number of aryl methyl sites for hydroxylation is 2. The number of para-hydroxylation sites is 1. The van der Waals surface area contributed by atoms with Crippen LogP contribution in [-0.4, -0.2) is 38.4 Å². The van der Waals surface area contributed by atoms with Gasteiger partial charge in [0.05, 0.1) is 18.1 Å². The van der Waals surface area contributed by atoms with Gasteiger partial charge in [-0.05, 0) is 30.9 Å². The summed E-state index contributed by atoms with van der Waals surface area (Å²) in [6.07, 6.45) is 1.41. The van der Waals surface area contributed by atoms with Gasteiger partial charge < -0.3 is 10.6 Å². The van der Waals surface area contributed by atoms with Crippen molar-refractivity contribution < 1.29 is 13.2 Å². The minimum atomic E-state index is -2.96. The van der Waals surface area contributed by atoms with Crippen LogP contribution in [0.3, 0.4) is 0 Å². The van der Waals surface area contributed by atoms with Crippen LogP contribution in [-0.2, 0) is 21.1 Å². The summed E-state index contributed by atoms with van der Waals surface area (Å²) in [6.45, 7) is 4.24. The third kappa shape index (κ3) is 4.20. The van der Waals surface area contributed by atoms with Crippen LogP contribution >= 0.6 is 0 Å². The predicted octanol–water partition coefficient (Wildman–Crippen LogP) is 1.27. The molecule has 0 bridgehead atoms. The average Bonchev–Trinajstić information content (AvgIpc) is 2.76. The molecule has 1 aliphatic heterocycles. The van der Waals surface area contributed by atoms with Crippen molar-refractivity contribution in [3.63, 3.8) is 0 Å².